The van der Waals surface area contributed by atoms with Gasteiger partial charge in [-0.1, -0.05) is 6.07 Å². The van der Waals surface area contributed by atoms with Crippen molar-refractivity contribution < 1.29 is 9.47 Å². The molecule has 2 heterocycles. The quantitative estimate of drug-likeness (QED) is 0.788. The van der Waals surface area contributed by atoms with E-state index in [2.05, 4.69) is 4.98 Å². The highest BCUT2D eigenvalue weighted by molar-refractivity contribution is 5.64. The Bertz CT molecular complexity index is 589. The van der Waals surface area contributed by atoms with E-state index in [9.17, 15) is 4.79 Å². The monoisotopic (exact) mass is 215 g/mol. The lowest BCUT2D eigenvalue weighted by Gasteiger charge is -2.02. The minimum absolute atomic E-state index is 0.116. The van der Waals surface area contributed by atoms with Crippen LogP contribution in [0.15, 0.2) is 41.2 Å². The topological polar surface area (TPSA) is 51.3 Å². The molecular weight excluding hydrogens is 206 g/mol. The summed E-state index contributed by atoms with van der Waals surface area (Å²) in [4.78, 5) is 13.9. The molecule has 4 nitrogen and oxygen atoms in total. The Morgan fingerprint density at radius 3 is 2.81 bits per heavy atom. The fourth-order valence-electron chi connectivity index (χ4n) is 1.68. The zero-order valence-electron chi connectivity index (χ0n) is 8.40. The van der Waals surface area contributed by atoms with Gasteiger partial charge in [-0.25, -0.2) is 0 Å². The van der Waals surface area contributed by atoms with Crippen molar-refractivity contribution in [3.63, 3.8) is 0 Å². The third-order valence-electron chi connectivity index (χ3n) is 2.45. The van der Waals surface area contributed by atoms with E-state index in [1.807, 2.05) is 24.3 Å². The molecule has 16 heavy (non-hydrogen) atoms. The number of benzene rings is 1. The lowest BCUT2D eigenvalue weighted by atomic mass is 10.1. The van der Waals surface area contributed by atoms with Crippen LogP contribution in [-0.2, 0) is 0 Å². The molecule has 4 heteroatoms. The van der Waals surface area contributed by atoms with Gasteiger partial charge in [0.1, 0.15) is 0 Å². The number of H-pyrrole nitrogens is 1. The Kier molecular flexibility index (Phi) is 1.93. The van der Waals surface area contributed by atoms with Gasteiger partial charge in [-0.05, 0) is 24.3 Å². The van der Waals surface area contributed by atoms with E-state index in [1.54, 1.807) is 6.07 Å². The summed E-state index contributed by atoms with van der Waals surface area (Å²) in [6.45, 7) is 0.254. The summed E-state index contributed by atoms with van der Waals surface area (Å²) in [5.41, 5.74) is 1.56. The number of hydrogen-bond acceptors (Lipinski definition) is 3. The van der Waals surface area contributed by atoms with Gasteiger partial charge in [0.15, 0.2) is 11.5 Å². The number of hydrogen-bond donors (Lipinski definition) is 1. The van der Waals surface area contributed by atoms with Crippen LogP contribution in [0.3, 0.4) is 0 Å². The number of aromatic amines is 1. The summed E-state index contributed by atoms with van der Waals surface area (Å²) in [6, 6.07) is 10.6. The van der Waals surface area contributed by atoms with E-state index in [0.29, 0.717) is 5.75 Å². The average Bonchev–Trinajstić information content (AvgIpc) is 2.75. The summed E-state index contributed by atoms with van der Waals surface area (Å²) in [5, 5.41) is 0. The first-order valence-corrected chi connectivity index (χ1v) is 4.92. The molecule has 0 bridgehead atoms. The van der Waals surface area contributed by atoms with Crippen molar-refractivity contribution in [2.45, 2.75) is 0 Å². The van der Waals surface area contributed by atoms with Crippen molar-refractivity contribution in [1.82, 2.24) is 4.98 Å². The number of fused-ring (bicyclic) bond motifs is 1. The Balaban J connectivity index is 2.10. The molecule has 1 aliphatic rings. The molecule has 2 aromatic rings. The molecule has 1 aliphatic heterocycles. The maximum Gasteiger partial charge on any atom is 0.248 e. The molecule has 1 N–H and O–H groups in total. The molecule has 0 spiro atoms. The summed E-state index contributed by atoms with van der Waals surface area (Å²) >= 11 is 0. The van der Waals surface area contributed by atoms with E-state index in [1.165, 1.54) is 6.07 Å². The molecule has 0 aliphatic carbocycles. The maximum atomic E-state index is 11.2. The number of pyridine rings is 1. The van der Waals surface area contributed by atoms with Crippen molar-refractivity contribution in [2.24, 2.45) is 0 Å². The standard InChI is InChI=1S/C12H9NO3/c14-12-3-1-2-9(13-12)8-4-5-10-11(6-8)16-7-15-10/h1-6H,7H2,(H,13,14). The van der Waals surface area contributed by atoms with Crippen molar-refractivity contribution in [1.29, 1.82) is 0 Å². The average molecular weight is 215 g/mol. The van der Waals surface area contributed by atoms with Gasteiger partial charge in [0.05, 0.1) is 0 Å². The SMILES string of the molecule is O=c1cccc(-c2ccc3c(c2)OCO3)[nH]1. The van der Waals surface area contributed by atoms with E-state index in [-0.39, 0.29) is 12.4 Å². The van der Waals surface area contributed by atoms with Gasteiger partial charge in [0, 0.05) is 17.3 Å². The largest absolute Gasteiger partial charge is 0.454 e. The predicted molar refractivity (Wildman–Crippen MR) is 58.6 cm³/mol. The molecule has 0 amide bonds. The fraction of sp³-hybridized carbons (Fsp3) is 0.0833. The second-order valence-corrected chi connectivity index (χ2v) is 3.50. The van der Waals surface area contributed by atoms with Gasteiger partial charge in [-0.15, -0.1) is 0 Å². The lowest BCUT2D eigenvalue weighted by molar-refractivity contribution is 0.174. The molecule has 0 unspecified atom stereocenters. The van der Waals surface area contributed by atoms with Crippen molar-refractivity contribution in [3.8, 4) is 22.8 Å². The Morgan fingerprint density at radius 2 is 1.94 bits per heavy atom. The Hall–Kier alpha value is -2.23. The van der Waals surface area contributed by atoms with E-state index in [4.69, 9.17) is 9.47 Å². The molecule has 3 rings (SSSR count). The highest BCUT2D eigenvalue weighted by Crippen LogP contribution is 2.35. The third-order valence-corrected chi connectivity index (χ3v) is 2.45. The van der Waals surface area contributed by atoms with Gasteiger partial charge in [-0.2, -0.15) is 0 Å². The molecule has 0 radical (unpaired) electrons. The first-order chi connectivity index (χ1) is 7.83. The molecule has 1 aromatic carbocycles. The van der Waals surface area contributed by atoms with Crippen molar-refractivity contribution >= 4 is 0 Å². The third kappa shape index (κ3) is 1.44. The molecule has 0 fully saturated rings. The summed E-state index contributed by atoms with van der Waals surface area (Å²) in [5.74, 6) is 1.45. The van der Waals surface area contributed by atoms with Crippen LogP contribution in [-0.4, -0.2) is 11.8 Å². The van der Waals surface area contributed by atoms with Crippen LogP contribution in [0.25, 0.3) is 11.3 Å². The van der Waals surface area contributed by atoms with Gasteiger partial charge in [-0.3, -0.25) is 4.79 Å². The predicted octanol–water partition coefficient (Wildman–Crippen LogP) is 1.77. The first kappa shape index (κ1) is 9.03. The maximum absolute atomic E-state index is 11.2. The molecule has 0 saturated heterocycles. The molecule has 80 valence electrons. The summed E-state index contributed by atoms with van der Waals surface area (Å²) in [7, 11) is 0. The van der Waals surface area contributed by atoms with Gasteiger partial charge < -0.3 is 14.5 Å². The zero-order valence-corrected chi connectivity index (χ0v) is 8.40. The van der Waals surface area contributed by atoms with E-state index in [0.717, 1.165) is 17.0 Å². The normalized spacial score (nSPS) is 12.8. The van der Waals surface area contributed by atoms with Gasteiger partial charge >= 0.3 is 0 Å². The van der Waals surface area contributed by atoms with Gasteiger partial charge in [0.25, 0.3) is 0 Å². The zero-order chi connectivity index (χ0) is 11.0. The molecule has 0 saturated carbocycles. The van der Waals surface area contributed by atoms with E-state index >= 15 is 0 Å². The second kappa shape index (κ2) is 3.41. The minimum atomic E-state index is -0.116. The summed E-state index contributed by atoms with van der Waals surface area (Å²) < 4.78 is 10.5. The van der Waals surface area contributed by atoms with Gasteiger partial charge in [0.2, 0.25) is 12.4 Å². The minimum Gasteiger partial charge on any atom is -0.454 e. The van der Waals surface area contributed by atoms with Crippen LogP contribution in [0.5, 0.6) is 11.5 Å². The van der Waals surface area contributed by atoms with Crippen LogP contribution in [0.4, 0.5) is 0 Å². The van der Waals surface area contributed by atoms with E-state index < -0.39 is 0 Å². The van der Waals surface area contributed by atoms with Crippen molar-refractivity contribution in [2.75, 3.05) is 6.79 Å². The number of aromatic nitrogens is 1. The van der Waals surface area contributed by atoms with Crippen LogP contribution in [0, 0.1) is 0 Å². The molecule has 1 aromatic heterocycles. The Morgan fingerprint density at radius 1 is 1.06 bits per heavy atom. The number of ether oxygens (including phenoxy) is 2. The smallest absolute Gasteiger partial charge is 0.248 e. The number of rotatable bonds is 1. The van der Waals surface area contributed by atoms with Crippen LogP contribution >= 0.6 is 0 Å². The highest BCUT2D eigenvalue weighted by Gasteiger charge is 2.13. The Labute approximate surface area is 91.5 Å². The lowest BCUT2D eigenvalue weighted by Crippen LogP contribution is -2.03. The van der Waals surface area contributed by atoms with Crippen LogP contribution in [0.2, 0.25) is 0 Å². The number of nitrogens with one attached hydrogen (secondary N) is 1. The van der Waals surface area contributed by atoms with Crippen molar-refractivity contribution in [3.05, 3.63) is 46.8 Å². The second-order valence-electron chi connectivity index (χ2n) is 3.50. The summed E-state index contributed by atoms with van der Waals surface area (Å²) in [6.07, 6.45) is 0. The first-order valence-electron chi connectivity index (χ1n) is 4.92. The van der Waals surface area contributed by atoms with Crippen LogP contribution < -0.4 is 15.0 Å². The molecule has 0 atom stereocenters. The van der Waals surface area contributed by atoms with Crippen LogP contribution in [0.1, 0.15) is 0 Å². The fourth-order valence-corrected chi connectivity index (χ4v) is 1.68. The molecular formula is C12H9NO3. The highest BCUT2D eigenvalue weighted by atomic mass is 16.7.